The molecular weight excluding hydrogens is 318 g/mol. The van der Waals surface area contributed by atoms with Crippen molar-refractivity contribution < 1.29 is 19.1 Å². The number of nitrogens with one attached hydrogen (secondary N) is 1. The van der Waals surface area contributed by atoms with E-state index < -0.39 is 12.1 Å². The molecule has 5 nitrogen and oxygen atoms in total. The minimum atomic E-state index is -0.468. The summed E-state index contributed by atoms with van der Waals surface area (Å²) >= 11 is 0. The molecule has 0 aromatic carbocycles. The molecule has 5 heteroatoms. The third-order valence-corrected chi connectivity index (χ3v) is 3.95. The molecule has 0 aliphatic heterocycles. The van der Waals surface area contributed by atoms with Gasteiger partial charge in [-0.1, -0.05) is 77.7 Å². The van der Waals surface area contributed by atoms with Gasteiger partial charge in [0.25, 0.3) is 0 Å². The first-order chi connectivity index (χ1) is 12.1. The summed E-state index contributed by atoms with van der Waals surface area (Å²) < 4.78 is 9.74. The summed E-state index contributed by atoms with van der Waals surface area (Å²) in [6.45, 7) is 8.03. The van der Waals surface area contributed by atoms with Crippen molar-refractivity contribution in [1.82, 2.24) is 5.32 Å². The lowest BCUT2D eigenvalue weighted by atomic mass is 10.1. The highest BCUT2D eigenvalue weighted by Gasteiger charge is 2.04. The molecule has 0 radical (unpaired) electrons. The minimum Gasteiger partial charge on any atom is -0.459 e. The molecule has 1 N–H and O–H groups in total. The highest BCUT2D eigenvalue weighted by molar-refractivity contribution is 5.86. The molecule has 0 fully saturated rings. The lowest BCUT2D eigenvalue weighted by molar-refractivity contribution is -0.139. The van der Waals surface area contributed by atoms with E-state index in [1.165, 1.54) is 57.8 Å². The van der Waals surface area contributed by atoms with E-state index in [0.717, 1.165) is 12.8 Å². The molecule has 1 amide bonds. The van der Waals surface area contributed by atoms with Gasteiger partial charge in [-0.2, -0.15) is 0 Å². The third kappa shape index (κ3) is 17.1. The summed E-state index contributed by atoms with van der Waals surface area (Å²) in [7, 11) is 0. The van der Waals surface area contributed by atoms with Crippen molar-refractivity contribution in [2.45, 2.75) is 84.5 Å². The van der Waals surface area contributed by atoms with E-state index in [2.05, 4.69) is 18.8 Å². The van der Waals surface area contributed by atoms with E-state index >= 15 is 0 Å². The monoisotopic (exact) mass is 355 g/mol. The predicted octanol–water partition coefficient (Wildman–Crippen LogP) is 5.14. The van der Waals surface area contributed by atoms with Gasteiger partial charge < -0.3 is 14.8 Å². The number of carbonyl (C=O) groups excluding carboxylic acids is 2. The minimum absolute atomic E-state index is 0.0531. The Bertz CT molecular complexity index is 369. The molecule has 0 aliphatic carbocycles. The lowest BCUT2D eigenvalue weighted by Crippen LogP contribution is -2.26. The number of alkyl carbamates (subject to hydrolysis) is 1. The summed E-state index contributed by atoms with van der Waals surface area (Å²) in [6.07, 6.45) is 13.6. The Morgan fingerprint density at radius 1 is 0.800 bits per heavy atom. The fourth-order valence-electron chi connectivity index (χ4n) is 2.42. The molecule has 0 atom stereocenters. The maximum absolute atomic E-state index is 11.4. The molecule has 0 unspecified atom stereocenters. The Kier molecular flexibility index (Phi) is 16.3. The molecule has 0 saturated heterocycles. The smallest absolute Gasteiger partial charge is 0.407 e. The van der Waals surface area contributed by atoms with Gasteiger partial charge in [-0.3, -0.25) is 0 Å². The number of esters is 1. The van der Waals surface area contributed by atoms with Crippen molar-refractivity contribution in [3.63, 3.8) is 0 Å². The Morgan fingerprint density at radius 3 is 1.80 bits per heavy atom. The van der Waals surface area contributed by atoms with Crippen LogP contribution in [0.3, 0.4) is 0 Å². The highest BCUT2D eigenvalue weighted by atomic mass is 16.6. The zero-order valence-electron chi connectivity index (χ0n) is 16.2. The second-order valence-electron chi connectivity index (χ2n) is 6.51. The van der Waals surface area contributed by atoms with Crippen LogP contribution in [0, 0.1) is 0 Å². The van der Waals surface area contributed by atoms with Crippen molar-refractivity contribution >= 4 is 12.1 Å². The average molecular weight is 356 g/mol. The topological polar surface area (TPSA) is 64.6 Å². The highest BCUT2D eigenvalue weighted by Crippen LogP contribution is 2.10. The number of amides is 1. The van der Waals surface area contributed by atoms with Crippen LogP contribution in [0.25, 0.3) is 0 Å². The molecule has 0 heterocycles. The lowest BCUT2D eigenvalue weighted by Gasteiger charge is -2.07. The number of hydrogen-bond acceptors (Lipinski definition) is 4. The van der Waals surface area contributed by atoms with E-state index in [9.17, 15) is 9.59 Å². The largest absolute Gasteiger partial charge is 0.459 e. The Labute approximate surface area is 153 Å². The van der Waals surface area contributed by atoms with Crippen LogP contribution in [0.5, 0.6) is 0 Å². The Balaban J connectivity index is 3.24. The van der Waals surface area contributed by atoms with Crippen LogP contribution in [-0.4, -0.2) is 31.8 Å². The second-order valence-corrected chi connectivity index (χ2v) is 6.51. The van der Waals surface area contributed by atoms with Crippen molar-refractivity contribution in [3.8, 4) is 0 Å². The quantitative estimate of drug-likeness (QED) is 0.236. The van der Waals surface area contributed by atoms with E-state index in [4.69, 9.17) is 9.47 Å². The van der Waals surface area contributed by atoms with Crippen LogP contribution in [0.15, 0.2) is 12.2 Å². The molecule has 25 heavy (non-hydrogen) atoms. The summed E-state index contributed by atoms with van der Waals surface area (Å²) in [5, 5.41) is 2.71. The van der Waals surface area contributed by atoms with Crippen LogP contribution >= 0.6 is 0 Å². The summed E-state index contributed by atoms with van der Waals surface area (Å²) in [4.78, 5) is 22.5. The second kappa shape index (κ2) is 17.3. The molecule has 0 aliphatic rings. The normalized spacial score (nSPS) is 10.3. The molecule has 0 spiro atoms. The van der Waals surface area contributed by atoms with Crippen LogP contribution in [0.4, 0.5) is 4.79 Å². The van der Waals surface area contributed by atoms with Gasteiger partial charge in [0.2, 0.25) is 0 Å². The average Bonchev–Trinajstić information content (AvgIpc) is 2.59. The van der Waals surface area contributed by atoms with Gasteiger partial charge in [-0.05, 0) is 13.3 Å². The van der Waals surface area contributed by atoms with E-state index in [1.807, 2.05) is 0 Å². The fraction of sp³-hybridized carbons (Fsp3) is 0.800. The first-order valence-electron chi connectivity index (χ1n) is 9.81. The van der Waals surface area contributed by atoms with Gasteiger partial charge in [0.15, 0.2) is 0 Å². The van der Waals surface area contributed by atoms with E-state index in [-0.39, 0.29) is 13.2 Å². The summed E-state index contributed by atoms with van der Waals surface area (Å²) in [5.41, 5.74) is 0.334. The van der Waals surface area contributed by atoms with E-state index in [1.54, 1.807) is 6.92 Å². The summed E-state index contributed by atoms with van der Waals surface area (Å²) in [5.74, 6) is -0.468. The fourth-order valence-corrected chi connectivity index (χ4v) is 2.42. The van der Waals surface area contributed by atoms with Crippen molar-refractivity contribution in [1.29, 1.82) is 0 Å². The number of hydrogen-bond donors (Lipinski definition) is 1. The molecule has 0 saturated carbocycles. The van der Waals surface area contributed by atoms with Gasteiger partial charge in [0.05, 0.1) is 0 Å². The molecule has 0 aromatic heterocycles. The van der Waals surface area contributed by atoms with Crippen molar-refractivity contribution in [2.75, 3.05) is 19.8 Å². The molecule has 0 bridgehead atoms. The van der Waals surface area contributed by atoms with Crippen molar-refractivity contribution in [3.05, 3.63) is 12.2 Å². The van der Waals surface area contributed by atoms with Gasteiger partial charge in [0, 0.05) is 12.1 Å². The Hall–Kier alpha value is -1.52. The molecular formula is C20H37NO4. The Morgan fingerprint density at radius 2 is 1.28 bits per heavy atom. The van der Waals surface area contributed by atoms with Crippen molar-refractivity contribution in [2.24, 2.45) is 0 Å². The van der Waals surface area contributed by atoms with Crippen LogP contribution in [-0.2, 0) is 14.3 Å². The van der Waals surface area contributed by atoms with Gasteiger partial charge >= 0.3 is 12.1 Å². The van der Waals surface area contributed by atoms with Gasteiger partial charge in [-0.15, -0.1) is 0 Å². The number of carbonyl (C=O) groups is 2. The zero-order valence-corrected chi connectivity index (χ0v) is 16.2. The van der Waals surface area contributed by atoms with Crippen LogP contribution in [0.2, 0.25) is 0 Å². The number of rotatable bonds is 16. The third-order valence-electron chi connectivity index (χ3n) is 3.95. The van der Waals surface area contributed by atoms with E-state index in [0.29, 0.717) is 12.1 Å². The zero-order chi connectivity index (χ0) is 18.8. The molecule has 0 rings (SSSR count). The van der Waals surface area contributed by atoms with Gasteiger partial charge in [-0.25, -0.2) is 9.59 Å². The standard InChI is InChI=1S/C20H37NO4/c1-4-5-6-7-8-9-10-11-12-13-14-15-21-20(23)25-17-16-24-19(22)18(2)3/h2,4-17H2,1,3H3,(H,21,23). The number of unbranched alkanes of at least 4 members (excludes halogenated alkanes) is 10. The maximum atomic E-state index is 11.4. The van der Waals surface area contributed by atoms with Gasteiger partial charge in [0.1, 0.15) is 13.2 Å². The number of ether oxygens (including phenoxy) is 2. The molecule has 146 valence electrons. The predicted molar refractivity (Wildman–Crippen MR) is 102 cm³/mol. The first-order valence-corrected chi connectivity index (χ1v) is 9.81. The SMILES string of the molecule is C=C(C)C(=O)OCCOC(=O)NCCCCCCCCCCCCC. The summed E-state index contributed by atoms with van der Waals surface area (Å²) in [6, 6.07) is 0. The molecule has 0 aromatic rings. The first kappa shape index (κ1) is 23.5. The maximum Gasteiger partial charge on any atom is 0.407 e. The van der Waals surface area contributed by atoms with Crippen LogP contribution < -0.4 is 5.32 Å². The van der Waals surface area contributed by atoms with Crippen LogP contribution in [0.1, 0.15) is 84.5 Å².